The fraction of sp³-hybridized carbons (Fsp3) is 0.174. The lowest BCUT2D eigenvalue weighted by molar-refractivity contribution is 0.288. The van der Waals surface area contributed by atoms with Gasteiger partial charge in [-0.25, -0.2) is 9.37 Å². The van der Waals surface area contributed by atoms with E-state index in [1.807, 2.05) is 4.57 Å². The summed E-state index contributed by atoms with van der Waals surface area (Å²) in [5, 5.41) is 12.4. The number of thiazole rings is 1. The Hall–Kier alpha value is -2.68. The van der Waals surface area contributed by atoms with Crippen LogP contribution in [0.3, 0.4) is 0 Å². The molecule has 4 aromatic rings. The highest BCUT2D eigenvalue weighted by molar-refractivity contribution is 7.98. The minimum absolute atomic E-state index is 0.0135. The van der Waals surface area contributed by atoms with Crippen molar-refractivity contribution in [2.24, 2.45) is 0 Å². The maximum absolute atomic E-state index is 13.3. The maximum Gasteiger partial charge on any atom is 0.191 e. The predicted molar refractivity (Wildman–Crippen MR) is 128 cm³/mol. The Bertz CT molecular complexity index is 1220. The Kier molecular flexibility index (Phi) is 7.24. The summed E-state index contributed by atoms with van der Waals surface area (Å²) in [6.45, 7) is 6.62. The van der Waals surface area contributed by atoms with Crippen molar-refractivity contribution in [2.75, 3.05) is 0 Å². The van der Waals surface area contributed by atoms with Crippen molar-refractivity contribution in [1.82, 2.24) is 19.7 Å². The first-order valence-corrected chi connectivity index (χ1v) is 12.0. The molecular weight excluding hydrogens is 467 g/mol. The second-order valence-corrected chi connectivity index (χ2v) is 9.17. The first-order chi connectivity index (χ1) is 15.5. The van der Waals surface area contributed by atoms with Gasteiger partial charge in [0.2, 0.25) is 0 Å². The molecule has 0 aliphatic heterocycles. The van der Waals surface area contributed by atoms with Gasteiger partial charge in [-0.3, -0.25) is 4.57 Å². The molecule has 0 fully saturated rings. The Labute approximate surface area is 198 Å². The van der Waals surface area contributed by atoms with E-state index in [4.69, 9.17) is 21.3 Å². The molecule has 0 spiro atoms. The van der Waals surface area contributed by atoms with Crippen molar-refractivity contribution in [3.63, 3.8) is 0 Å². The lowest BCUT2D eigenvalue weighted by atomic mass is 10.2. The number of hydrogen-bond acceptors (Lipinski definition) is 6. The van der Waals surface area contributed by atoms with Crippen LogP contribution in [0.5, 0.6) is 5.75 Å². The Balaban J connectivity index is 1.42. The van der Waals surface area contributed by atoms with E-state index in [9.17, 15) is 4.39 Å². The molecule has 0 unspecified atom stereocenters. The number of halogens is 2. The normalized spacial score (nSPS) is 11.0. The summed E-state index contributed by atoms with van der Waals surface area (Å²) < 4.78 is 21.0. The summed E-state index contributed by atoms with van der Waals surface area (Å²) >= 11 is 9.01. The summed E-state index contributed by atoms with van der Waals surface area (Å²) in [6.07, 6.45) is 1.78. The van der Waals surface area contributed by atoms with Crippen LogP contribution in [0.4, 0.5) is 4.39 Å². The first kappa shape index (κ1) is 22.5. The van der Waals surface area contributed by atoms with Gasteiger partial charge < -0.3 is 4.74 Å². The lowest BCUT2D eigenvalue weighted by Gasteiger charge is -2.09. The van der Waals surface area contributed by atoms with Gasteiger partial charge in [-0.15, -0.1) is 28.1 Å². The van der Waals surface area contributed by atoms with E-state index in [1.54, 1.807) is 29.2 Å². The van der Waals surface area contributed by atoms with Gasteiger partial charge in [0.15, 0.2) is 11.0 Å². The van der Waals surface area contributed by atoms with E-state index >= 15 is 0 Å². The van der Waals surface area contributed by atoms with Crippen LogP contribution in [-0.4, -0.2) is 19.7 Å². The molecule has 2 aromatic carbocycles. The van der Waals surface area contributed by atoms with Crippen LogP contribution in [0, 0.1) is 12.7 Å². The van der Waals surface area contributed by atoms with Crippen molar-refractivity contribution in [3.05, 3.63) is 88.4 Å². The second kappa shape index (κ2) is 10.3. The third kappa shape index (κ3) is 5.38. The van der Waals surface area contributed by atoms with Crippen LogP contribution in [0.2, 0.25) is 5.02 Å². The number of allylic oxidation sites excluding steroid dienone is 1. The minimum Gasteiger partial charge on any atom is -0.486 e. The lowest BCUT2D eigenvalue weighted by Crippen LogP contribution is -2.07. The molecule has 0 N–H and O–H groups in total. The smallest absolute Gasteiger partial charge is 0.191 e. The van der Waals surface area contributed by atoms with Crippen LogP contribution in [0.15, 0.2) is 65.7 Å². The number of ether oxygens (including phenoxy) is 1. The van der Waals surface area contributed by atoms with E-state index in [-0.39, 0.29) is 11.6 Å². The molecule has 0 amide bonds. The van der Waals surface area contributed by atoms with Gasteiger partial charge in [-0.05, 0) is 19.1 Å². The molecule has 0 bridgehead atoms. The van der Waals surface area contributed by atoms with Crippen molar-refractivity contribution in [3.8, 4) is 16.3 Å². The molecule has 32 heavy (non-hydrogen) atoms. The highest BCUT2D eigenvalue weighted by atomic mass is 35.5. The van der Waals surface area contributed by atoms with Crippen molar-refractivity contribution >= 4 is 34.7 Å². The summed E-state index contributed by atoms with van der Waals surface area (Å²) in [4.78, 5) is 4.75. The fourth-order valence-corrected chi connectivity index (χ4v) is 4.86. The molecule has 9 heteroatoms. The molecule has 0 atom stereocenters. The summed E-state index contributed by atoms with van der Waals surface area (Å²) in [6, 6.07) is 12.6. The molecule has 0 saturated carbocycles. The van der Waals surface area contributed by atoms with E-state index in [0.717, 1.165) is 21.4 Å². The molecule has 0 saturated heterocycles. The van der Waals surface area contributed by atoms with Gasteiger partial charge in [-0.2, -0.15) is 0 Å². The average Bonchev–Trinajstić information content (AvgIpc) is 3.41. The maximum atomic E-state index is 13.3. The third-order valence-corrected chi connectivity index (χ3v) is 6.79. The zero-order valence-corrected chi connectivity index (χ0v) is 19.7. The van der Waals surface area contributed by atoms with Crippen LogP contribution in [0.1, 0.15) is 17.1 Å². The Morgan fingerprint density at radius 3 is 2.78 bits per heavy atom. The molecule has 164 valence electrons. The van der Waals surface area contributed by atoms with Gasteiger partial charge in [0.1, 0.15) is 23.2 Å². The summed E-state index contributed by atoms with van der Waals surface area (Å²) in [5.41, 5.74) is 3.33. The van der Waals surface area contributed by atoms with E-state index in [0.29, 0.717) is 23.9 Å². The Morgan fingerprint density at radius 2 is 2.03 bits per heavy atom. The SMILES string of the molecule is C=CCn1c(COc2ccc(F)c(Cl)c2)nnc1SCc1csc(-c2ccc(C)cc2)n1. The predicted octanol–water partition coefficient (Wildman–Crippen LogP) is 6.56. The molecule has 0 aliphatic rings. The number of hydrogen-bond donors (Lipinski definition) is 0. The van der Waals surface area contributed by atoms with Gasteiger partial charge in [0, 0.05) is 29.3 Å². The number of rotatable bonds is 9. The van der Waals surface area contributed by atoms with Gasteiger partial charge in [-0.1, -0.05) is 59.3 Å². The van der Waals surface area contributed by atoms with Crippen molar-refractivity contribution in [1.29, 1.82) is 0 Å². The topological polar surface area (TPSA) is 52.8 Å². The van der Waals surface area contributed by atoms with Gasteiger partial charge in [0.05, 0.1) is 10.7 Å². The number of thioether (sulfide) groups is 1. The summed E-state index contributed by atoms with van der Waals surface area (Å²) in [5.74, 6) is 1.29. The minimum atomic E-state index is -0.486. The molecule has 2 heterocycles. The van der Waals surface area contributed by atoms with Crippen LogP contribution < -0.4 is 4.74 Å². The molecule has 2 aromatic heterocycles. The first-order valence-electron chi connectivity index (χ1n) is 9.78. The average molecular weight is 487 g/mol. The Morgan fingerprint density at radius 1 is 1.22 bits per heavy atom. The van der Waals surface area contributed by atoms with Gasteiger partial charge in [0.25, 0.3) is 0 Å². The third-order valence-electron chi connectivity index (χ3n) is 4.56. The number of nitrogens with zero attached hydrogens (tertiary/aromatic N) is 4. The quantitative estimate of drug-likeness (QED) is 0.198. The molecule has 4 rings (SSSR count). The van der Waals surface area contributed by atoms with E-state index < -0.39 is 5.82 Å². The highest BCUT2D eigenvalue weighted by Gasteiger charge is 2.14. The standard InChI is InChI=1S/C23H20ClFN4OS2/c1-3-10-29-21(12-30-18-8-9-20(25)19(24)11-18)27-28-23(29)32-14-17-13-31-22(26-17)16-6-4-15(2)5-7-16/h3-9,11,13H,1,10,12,14H2,2H3. The van der Waals surface area contributed by atoms with Crippen molar-refractivity contribution < 1.29 is 9.13 Å². The number of aryl methyl sites for hydroxylation is 1. The zero-order chi connectivity index (χ0) is 22.5. The molecule has 5 nitrogen and oxygen atoms in total. The molecule has 0 radical (unpaired) electrons. The van der Waals surface area contributed by atoms with E-state index in [1.165, 1.54) is 23.8 Å². The zero-order valence-electron chi connectivity index (χ0n) is 17.3. The summed E-state index contributed by atoms with van der Waals surface area (Å²) in [7, 11) is 0. The molecule has 0 aliphatic carbocycles. The van der Waals surface area contributed by atoms with Crippen LogP contribution in [-0.2, 0) is 18.9 Å². The van der Waals surface area contributed by atoms with Crippen LogP contribution in [0.25, 0.3) is 10.6 Å². The molecular formula is C23H20ClFN4OS2. The highest BCUT2D eigenvalue weighted by Crippen LogP contribution is 2.28. The fourth-order valence-electron chi connectivity index (χ4n) is 2.90. The number of aromatic nitrogens is 4. The second-order valence-electron chi connectivity index (χ2n) is 6.96. The van der Waals surface area contributed by atoms with Crippen molar-refractivity contribution in [2.45, 2.75) is 31.0 Å². The van der Waals surface area contributed by atoms with E-state index in [2.05, 4.69) is 53.3 Å². The van der Waals surface area contributed by atoms with Gasteiger partial charge >= 0.3 is 0 Å². The number of benzene rings is 2. The monoisotopic (exact) mass is 486 g/mol. The van der Waals surface area contributed by atoms with Crippen LogP contribution >= 0.6 is 34.7 Å². The largest absolute Gasteiger partial charge is 0.486 e.